The van der Waals surface area contributed by atoms with Crippen LogP contribution < -0.4 is 5.32 Å². The minimum absolute atomic E-state index is 0.286. The quantitative estimate of drug-likeness (QED) is 0.880. The Bertz CT molecular complexity index is 554. The van der Waals surface area contributed by atoms with Crippen LogP contribution in [0.1, 0.15) is 17.6 Å². The van der Waals surface area contributed by atoms with Gasteiger partial charge >= 0.3 is 5.97 Å². The van der Waals surface area contributed by atoms with E-state index in [0.717, 1.165) is 16.3 Å². The van der Waals surface area contributed by atoms with Crippen molar-refractivity contribution in [1.82, 2.24) is 15.3 Å². The molecule has 2 aromatic heterocycles. The summed E-state index contributed by atoms with van der Waals surface area (Å²) in [6.45, 7) is 1.83. The van der Waals surface area contributed by atoms with E-state index in [-0.39, 0.29) is 5.82 Å². The second kappa shape index (κ2) is 5.24. The molecule has 0 saturated heterocycles. The standard InChI is InChI=1S/C12H13N3O2S/c1-7-6-8(9-4-3-5-18-9)15-11(14-7)10(13-2)12(16)17/h3-6,10,13H,1-2H3,(H,16,17). The zero-order chi connectivity index (χ0) is 13.1. The van der Waals surface area contributed by atoms with Crippen LogP contribution in [0.2, 0.25) is 0 Å². The number of nitrogens with zero attached hydrogens (tertiary/aromatic N) is 2. The van der Waals surface area contributed by atoms with E-state index < -0.39 is 12.0 Å². The van der Waals surface area contributed by atoms with Crippen molar-refractivity contribution in [2.24, 2.45) is 0 Å². The fourth-order valence-corrected chi connectivity index (χ4v) is 2.32. The van der Waals surface area contributed by atoms with Crippen LogP contribution in [0.25, 0.3) is 10.6 Å². The molecule has 0 aliphatic carbocycles. The smallest absolute Gasteiger partial charge is 0.328 e. The van der Waals surface area contributed by atoms with Crippen molar-refractivity contribution < 1.29 is 9.90 Å². The largest absolute Gasteiger partial charge is 0.480 e. The van der Waals surface area contributed by atoms with Crippen molar-refractivity contribution in [2.75, 3.05) is 7.05 Å². The van der Waals surface area contributed by atoms with E-state index in [1.165, 1.54) is 0 Å². The lowest BCUT2D eigenvalue weighted by Gasteiger charge is -2.11. The third-order valence-corrected chi connectivity index (χ3v) is 3.33. The fraction of sp³-hybridized carbons (Fsp3) is 0.250. The first kappa shape index (κ1) is 12.7. The van der Waals surface area contributed by atoms with Crippen molar-refractivity contribution in [1.29, 1.82) is 0 Å². The molecule has 0 amide bonds. The second-order valence-corrected chi connectivity index (χ2v) is 4.74. The number of hydrogen-bond acceptors (Lipinski definition) is 5. The molecule has 6 heteroatoms. The summed E-state index contributed by atoms with van der Waals surface area (Å²) < 4.78 is 0. The average Bonchev–Trinajstić information content (AvgIpc) is 2.82. The molecule has 2 rings (SSSR count). The molecule has 2 heterocycles. The van der Waals surface area contributed by atoms with Crippen LogP contribution in [0.5, 0.6) is 0 Å². The lowest BCUT2D eigenvalue weighted by molar-refractivity contribution is -0.139. The molecular formula is C12H13N3O2S. The third-order valence-electron chi connectivity index (χ3n) is 2.44. The van der Waals surface area contributed by atoms with Crippen LogP contribution >= 0.6 is 11.3 Å². The summed E-state index contributed by atoms with van der Waals surface area (Å²) in [4.78, 5) is 20.6. The monoisotopic (exact) mass is 263 g/mol. The second-order valence-electron chi connectivity index (χ2n) is 3.79. The Hall–Kier alpha value is -1.79. The van der Waals surface area contributed by atoms with Gasteiger partial charge in [-0.25, -0.2) is 9.97 Å². The van der Waals surface area contributed by atoms with E-state index in [4.69, 9.17) is 5.11 Å². The number of hydrogen-bond donors (Lipinski definition) is 2. The Balaban J connectivity index is 2.47. The van der Waals surface area contributed by atoms with Crippen LogP contribution in [0.3, 0.4) is 0 Å². The summed E-state index contributed by atoms with van der Waals surface area (Å²) in [5.74, 6) is -0.700. The van der Waals surface area contributed by atoms with Gasteiger partial charge in [0.2, 0.25) is 0 Å². The molecule has 2 aromatic rings. The number of aromatic nitrogens is 2. The van der Waals surface area contributed by atoms with Gasteiger partial charge in [0.1, 0.15) is 0 Å². The van der Waals surface area contributed by atoms with Gasteiger partial charge in [-0.15, -0.1) is 11.3 Å². The molecule has 0 aliphatic rings. The first-order chi connectivity index (χ1) is 8.61. The molecule has 18 heavy (non-hydrogen) atoms. The van der Waals surface area contributed by atoms with Crippen LogP contribution in [-0.2, 0) is 4.79 Å². The Labute approximate surface area is 109 Å². The van der Waals surface area contributed by atoms with Gasteiger partial charge < -0.3 is 10.4 Å². The molecule has 1 atom stereocenters. The van der Waals surface area contributed by atoms with Gasteiger partial charge in [0.25, 0.3) is 0 Å². The highest BCUT2D eigenvalue weighted by Crippen LogP contribution is 2.24. The first-order valence-electron chi connectivity index (χ1n) is 5.41. The highest BCUT2D eigenvalue weighted by atomic mass is 32.1. The van der Waals surface area contributed by atoms with Gasteiger partial charge in [-0.3, -0.25) is 4.79 Å². The first-order valence-corrected chi connectivity index (χ1v) is 6.29. The Morgan fingerprint density at radius 3 is 2.83 bits per heavy atom. The van der Waals surface area contributed by atoms with Crippen LogP contribution in [0.4, 0.5) is 0 Å². The normalized spacial score (nSPS) is 12.3. The Morgan fingerprint density at radius 1 is 1.50 bits per heavy atom. The minimum Gasteiger partial charge on any atom is -0.480 e. The fourth-order valence-electron chi connectivity index (χ4n) is 1.63. The van der Waals surface area contributed by atoms with Crippen molar-refractivity contribution in [3.8, 4) is 10.6 Å². The number of carboxylic acid groups (broad SMARTS) is 1. The SMILES string of the molecule is CNC(C(=O)O)c1nc(C)cc(-c2cccs2)n1. The molecular weight excluding hydrogens is 250 g/mol. The average molecular weight is 263 g/mol. The summed E-state index contributed by atoms with van der Waals surface area (Å²) in [7, 11) is 1.58. The number of likely N-dealkylation sites (N-methyl/N-ethyl adjacent to an activating group) is 1. The van der Waals surface area contributed by atoms with Crippen molar-refractivity contribution >= 4 is 17.3 Å². The molecule has 0 fully saturated rings. The predicted molar refractivity (Wildman–Crippen MR) is 69.5 cm³/mol. The van der Waals surface area contributed by atoms with E-state index >= 15 is 0 Å². The zero-order valence-corrected chi connectivity index (χ0v) is 10.9. The van der Waals surface area contributed by atoms with Gasteiger partial charge in [0.05, 0.1) is 10.6 Å². The van der Waals surface area contributed by atoms with E-state index in [2.05, 4.69) is 15.3 Å². The summed E-state index contributed by atoms with van der Waals surface area (Å²) in [6.07, 6.45) is 0. The Kier molecular flexibility index (Phi) is 3.69. The maximum absolute atomic E-state index is 11.1. The van der Waals surface area contributed by atoms with Crippen LogP contribution in [0, 0.1) is 6.92 Å². The van der Waals surface area contributed by atoms with Gasteiger partial charge in [-0.1, -0.05) is 6.07 Å². The van der Waals surface area contributed by atoms with E-state index in [0.29, 0.717) is 0 Å². The molecule has 0 aromatic carbocycles. The summed E-state index contributed by atoms with van der Waals surface area (Å²) in [6, 6.07) is 4.85. The minimum atomic E-state index is -0.986. The molecule has 0 saturated carbocycles. The lowest BCUT2D eigenvalue weighted by atomic mass is 10.2. The predicted octanol–water partition coefficient (Wildman–Crippen LogP) is 1.86. The van der Waals surface area contributed by atoms with E-state index in [9.17, 15) is 4.79 Å². The molecule has 0 radical (unpaired) electrons. The number of thiophene rings is 1. The number of aliphatic carboxylic acids is 1. The molecule has 5 nitrogen and oxygen atoms in total. The topological polar surface area (TPSA) is 75.1 Å². The molecule has 0 aliphatic heterocycles. The van der Waals surface area contributed by atoms with Crippen molar-refractivity contribution in [3.05, 3.63) is 35.1 Å². The zero-order valence-electron chi connectivity index (χ0n) is 10.0. The lowest BCUT2D eigenvalue weighted by Crippen LogP contribution is -2.27. The summed E-state index contributed by atoms with van der Waals surface area (Å²) >= 11 is 1.56. The van der Waals surface area contributed by atoms with E-state index in [1.54, 1.807) is 18.4 Å². The highest BCUT2D eigenvalue weighted by Gasteiger charge is 2.21. The van der Waals surface area contributed by atoms with Gasteiger partial charge in [-0.2, -0.15) is 0 Å². The van der Waals surface area contributed by atoms with Gasteiger partial charge in [0.15, 0.2) is 11.9 Å². The van der Waals surface area contributed by atoms with Crippen molar-refractivity contribution in [2.45, 2.75) is 13.0 Å². The van der Waals surface area contributed by atoms with Crippen molar-refractivity contribution in [3.63, 3.8) is 0 Å². The number of aryl methyl sites for hydroxylation is 1. The van der Waals surface area contributed by atoms with Crippen LogP contribution in [-0.4, -0.2) is 28.1 Å². The van der Waals surface area contributed by atoms with E-state index in [1.807, 2.05) is 30.5 Å². The number of nitrogens with one attached hydrogen (secondary N) is 1. The molecule has 0 spiro atoms. The molecule has 0 bridgehead atoms. The summed E-state index contributed by atoms with van der Waals surface area (Å²) in [5.41, 5.74) is 1.51. The maximum atomic E-state index is 11.1. The maximum Gasteiger partial charge on any atom is 0.328 e. The number of carbonyl (C=O) groups is 1. The highest BCUT2D eigenvalue weighted by molar-refractivity contribution is 7.13. The molecule has 2 N–H and O–H groups in total. The Morgan fingerprint density at radius 2 is 2.28 bits per heavy atom. The van der Waals surface area contributed by atoms with Gasteiger partial charge in [0, 0.05) is 5.69 Å². The molecule has 1 unspecified atom stereocenters. The number of carboxylic acids is 1. The molecule has 94 valence electrons. The number of rotatable bonds is 4. The van der Waals surface area contributed by atoms with Crippen LogP contribution in [0.15, 0.2) is 23.6 Å². The third kappa shape index (κ3) is 2.55. The van der Waals surface area contributed by atoms with Gasteiger partial charge in [-0.05, 0) is 31.5 Å². The summed E-state index contributed by atoms with van der Waals surface area (Å²) in [5, 5.41) is 13.8.